The van der Waals surface area contributed by atoms with Crippen LogP contribution < -0.4 is 4.74 Å². The molecule has 2 nitrogen and oxygen atoms in total. The molecule has 0 amide bonds. The summed E-state index contributed by atoms with van der Waals surface area (Å²) >= 11 is 0. The predicted molar refractivity (Wildman–Crippen MR) is 125 cm³/mol. The number of carbonyl (C=O) groups is 1. The van der Waals surface area contributed by atoms with E-state index in [2.05, 4.69) is 32.6 Å². The van der Waals surface area contributed by atoms with E-state index in [9.17, 15) is 4.79 Å². The molecule has 0 spiro atoms. The van der Waals surface area contributed by atoms with Gasteiger partial charge in [0.25, 0.3) is 0 Å². The van der Waals surface area contributed by atoms with Gasteiger partial charge in [-0.1, -0.05) is 63.5 Å². The molecule has 1 saturated carbocycles. The third-order valence-corrected chi connectivity index (χ3v) is 6.67. The normalized spacial score (nSPS) is 19.8. The second-order valence-corrected chi connectivity index (χ2v) is 8.69. The average Bonchev–Trinajstić information content (AvgIpc) is 2.80. The van der Waals surface area contributed by atoms with E-state index in [1.54, 1.807) is 0 Å². The Morgan fingerprint density at radius 3 is 2.27 bits per heavy atom. The van der Waals surface area contributed by atoms with Crippen molar-refractivity contribution in [3.63, 3.8) is 0 Å². The molecule has 0 N–H and O–H groups in total. The quantitative estimate of drug-likeness (QED) is 0.240. The number of esters is 1. The Balaban J connectivity index is 1.54. The van der Waals surface area contributed by atoms with Crippen molar-refractivity contribution in [1.82, 2.24) is 0 Å². The van der Waals surface area contributed by atoms with Crippen LogP contribution in [-0.2, 0) is 0 Å². The molecule has 2 aromatic rings. The lowest BCUT2D eigenvalue weighted by Gasteiger charge is -2.28. The Hall–Kier alpha value is -2.35. The van der Waals surface area contributed by atoms with Gasteiger partial charge in [-0.3, -0.25) is 0 Å². The van der Waals surface area contributed by atoms with Gasteiger partial charge < -0.3 is 4.74 Å². The molecular formula is C28H36O2. The van der Waals surface area contributed by atoms with Gasteiger partial charge in [0, 0.05) is 5.92 Å². The first kappa shape index (κ1) is 22.3. The molecule has 1 aliphatic rings. The van der Waals surface area contributed by atoms with Crippen molar-refractivity contribution in [1.29, 1.82) is 0 Å². The number of unbranched alkanes of at least 4 members (excludes halogenated alkanes) is 1. The van der Waals surface area contributed by atoms with Crippen LogP contribution in [0.1, 0.15) is 98.5 Å². The van der Waals surface area contributed by atoms with Crippen molar-refractivity contribution >= 4 is 5.97 Å². The summed E-state index contributed by atoms with van der Waals surface area (Å²) in [4.78, 5) is 12.5. The summed E-state index contributed by atoms with van der Waals surface area (Å²) in [7, 11) is 0. The van der Waals surface area contributed by atoms with Crippen LogP contribution in [0.4, 0.5) is 0 Å². The van der Waals surface area contributed by atoms with Crippen molar-refractivity contribution in [3.8, 4) is 5.75 Å². The smallest absolute Gasteiger partial charge is 0.343 e. The number of carbonyl (C=O) groups excluding carboxylic acids is 1. The number of ether oxygens (including phenoxy) is 1. The summed E-state index contributed by atoms with van der Waals surface area (Å²) in [6.07, 6.45) is 12.3. The van der Waals surface area contributed by atoms with Crippen LogP contribution in [0.2, 0.25) is 0 Å². The van der Waals surface area contributed by atoms with Gasteiger partial charge in [0.05, 0.1) is 5.56 Å². The first-order valence-electron chi connectivity index (χ1n) is 11.7. The summed E-state index contributed by atoms with van der Waals surface area (Å²) in [5, 5.41) is 0. The molecule has 0 heterocycles. The van der Waals surface area contributed by atoms with Gasteiger partial charge in [-0.2, -0.15) is 0 Å². The standard InChI is InChI=1S/C28H36O2/c1-4-7-8-21-9-11-24(12-10-21)25-13-15-26(16-14-25)28(29)30-27-19-17-23(18-20-27)22(5-2)6-3/h5,13-22,24H,2,4,6-12H2,1,3H3. The highest BCUT2D eigenvalue weighted by molar-refractivity contribution is 5.91. The van der Waals surface area contributed by atoms with Crippen molar-refractivity contribution in [3.05, 3.63) is 77.9 Å². The van der Waals surface area contributed by atoms with E-state index in [1.165, 1.54) is 56.1 Å². The molecule has 1 aliphatic carbocycles. The van der Waals surface area contributed by atoms with Crippen molar-refractivity contribution in [2.75, 3.05) is 0 Å². The second-order valence-electron chi connectivity index (χ2n) is 8.69. The molecule has 2 aromatic carbocycles. The maximum absolute atomic E-state index is 12.5. The van der Waals surface area contributed by atoms with Crippen LogP contribution in [-0.4, -0.2) is 5.97 Å². The van der Waals surface area contributed by atoms with Crippen molar-refractivity contribution < 1.29 is 9.53 Å². The molecule has 0 saturated heterocycles. The zero-order chi connectivity index (χ0) is 21.3. The molecule has 0 aliphatic heterocycles. The summed E-state index contributed by atoms with van der Waals surface area (Å²) in [5.41, 5.74) is 3.16. The van der Waals surface area contributed by atoms with Crippen LogP contribution in [0, 0.1) is 5.92 Å². The minimum Gasteiger partial charge on any atom is -0.423 e. The Bertz CT molecular complexity index is 796. The van der Waals surface area contributed by atoms with Crippen LogP contribution in [0.15, 0.2) is 61.2 Å². The lowest BCUT2D eigenvalue weighted by atomic mass is 9.77. The zero-order valence-electron chi connectivity index (χ0n) is 18.6. The van der Waals surface area contributed by atoms with Gasteiger partial charge >= 0.3 is 5.97 Å². The summed E-state index contributed by atoms with van der Waals surface area (Å²) in [6, 6.07) is 15.8. The van der Waals surface area contributed by atoms with E-state index in [0.717, 1.165) is 12.3 Å². The zero-order valence-corrected chi connectivity index (χ0v) is 18.6. The molecule has 3 rings (SSSR count). The maximum atomic E-state index is 12.5. The fourth-order valence-corrected chi connectivity index (χ4v) is 4.66. The highest BCUT2D eigenvalue weighted by atomic mass is 16.5. The van der Waals surface area contributed by atoms with Gasteiger partial charge in [0.15, 0.2) is 0 Å². The van der Waals surface area contributed by atoms with Crippen LogP contribution in [0.25, 0.3) is 0 Å². The summed E-state index contributed by atoms with van der Waals surface area (Å²) < 4.78 is 5.57. The number of hydrogen-bond acceptors (Lipinski definition) is 2. The molecule has 0 radical (unpaired) electrons. The fraction of sp³-hybridized carbons (Fsp3) is 0.464. The number of benzene rings is 2. The average molecular weight is 405 g/mol. The van der Waals surface area contributed by atoms with E-state index >= 15 is 0 Å². The molecule has 160 valence electrons. The highest BCUT2D eigenvalue weighted by Crippen LogP contribution is 2.37. The Labute approximate surface area is 182 Å². The van der Waals surface area contributed by atoms with Crippen molar-refractivity contribution in [2.45, 2.75) is 77.0 Å². The molecular weight excluding hydrogens is 368 g/mol. The van der Waals surface area contributed by atoms with Gasteiger partial charge in [-0.15, -0.1) is 6.58 Å². The summed E-state index contributed by atoms with van der Waals surface area (Å²) in [5.74, 6) is 2.17. The third kappa shape index (κ3) is 5.84. The molecule has 0 bridgehead atoms. The lowest BCUT2D eigenvalue weighted by Crippen LogP contribution is -2.14. The van der Waals surface area contributed by atoms with Crippen LogP contribution in [0.3, 0.4) is 0 Å². The Morgan fingerprint density at radius 2 is 1.70 bits per heavy atom. The molecule has 30 heavy (non-hydrogen) atoms. The van der Waals surface area contributed by atoms with Crippen LogP contribution >= 0.6 is 0 Å². The van der Waals surface area contributed by atoms with Crippen LogP contribution in [0.5, 0.6) is 5.75 Å². The number of allylic oxidation sites excluding steroid dienone is 1. The molecule has 2 heteroatoms. The topological polar surface area (TPSA) is 26.3 Å². The first-order valence-corrected chi connectivity index (χ1v) is 11.7. The number of hydrogen-bond donors (Lipinski definition) is 0. The summed E-state index contributed by atoms with van der Waals surface area (Å²) in [6.45, 7) is 8.31. The Kier molecular flexibility index (Phi) is 8.30. The van der Waals surface area contributed by atoms with Gasteiger partial charge in [0.2, 0.25) is 0 Å². The minimum absolute atomic E-state index is 0.298. The third-order valence-electron chi connectivity index (χ3n) is 6.67. The molecule has 1 unspecified atom stereocenters. The molecule has 0 aromatic heterocycles. The molecule has 1 fully saturated rings. The van der Waals surface area contributed by atoms with E-state index < -0.39 is 0 Å². The largest absolute Gasteiger partial charge is 0.423 e. The van der Waals surface area contributed by atoms with E-state index in [0.29, 0.717) is 23.1 Å². The van der Waals surface area contributed by atoms with Gasteiger partial charge in [-0.05, 0) is 79.3 Å². The van der Waals surface area contributed by atoms with E-state index in [1.807, 2.05) is 42.5 Å². The van der Waals surface area contributed by atoms with Gasteiger partial charge in [0.1, 0.15) is 5.75 Å². The number of rotatable bonds is 9. The monoisotopic (exact) mass is 404 g/mol. The highest BCUT2D eigenvalue weighted by Gasteiger charge is 2.22. The van der Waals surface area contributed by atoms with E-state index in [-0.39, 0.29) is 5.97 Å². The first-order chi connectivity index (χ1) is 14.6. The van der Waals surface area contributed by atoms with E-state index in [4.69, 9.17) is 4.74 Å². The van der Waals surface area contributed by atoms with Crippen molar-refractivity contribution in [2.24, 2.45) is 5.92 Å². The predicted octanol–water partition coefficient (Wildman–Crippen LogP) is 8.05. The maximum Gasteiger partial charge on any atom is 0.343 e. The second kappa shape index (κ2) is 11.2. The lowest BCUT2D eigenvalue weighted by molar-refractivity contribution is 0.0734. The van der Waals surface area contributed by atoms with Gasteiger partial charge in [-0.25, -0.2) is 4.79 Å². The Morgan fingerprint density at radius 1 is 1.03 bits per heavy atom. The SMILES string of the molecule is C=CC(CC)c1ccc(OC(=O)c2ccc(C3CCC(CCCC)CC3)cc2)cc1. The minimum atomic E-state index is -0.298. The fourth-order valence-electron chi connectivity index (χ4n) is 4.66. The molecule has 1 atom stereocenters.